The first kappa shape index (κ1) is 35.3. The quantitative estimate of drug-likeness (QED) is 0.224. The van der Waals surface area contributed by atoms with Crippen LogP contribution in [0.2, 0.25) is 0 Å². The summed E-state index contributed by atoms with van der Waals surface area (Å²) in [6.07, 6.45) is 0. The molecular formula is C44H60N2. The fourth-order valence-electron chi connectivity index (χ4n) is 5.71. The number of benzene rings is 4. The Balaban J connectivity index is 2.23. The van der Waals surface area contributed by atoms with Crippen LogP contribution in [0.3, 0.4) is 0 Å². The highest BCUT2D eigenvalue weighted by Gasteiger charge is 2.27. The summed E-state index contributed by atoms with van der Waals surface area (Å²) in [5, 5.41) is 3.89. The maximum Gasteiger partial charge on any atom is 0.0618 e. The second-order valence-electron chi connectivity index (χ2n) is 18.5. The normalized spacial score (nSPS) is 13.2. The van der Waals surface area contributed by atoms with Crippen molar-refractivity contribution in [2.75, 3.05) is 11.1 Å². The highest BCUT2D eigenvalue weighted by atomic mass is 14.9. The van der Waals surface area contributed by atoms with E-state index in [9.17, 15) is 0 Å². The Labute approximate surface area is 281 Å². The zero-order chi connectivity index (χ0) is 34.6. The van der Waals surface area contributed by atoms with E-state index in [1.165, 1.54) is 50.1 Å². The molecule has 0 bridgehead atoms. The number of para-hydroxylation sites is 2. The summed E-state index contributed by atoms with van der Waals surface area (Å²) in [4.78, 5) is 0. The molecule has 0 aliphatic heterocycles. The van der Waals surface area contributed by atoms with Crippen molar-refractivity contribution in [3.8, 4) is 22.3 Å². The van der Waals surface area contributed by atoms with E-state index in [1.807, 2.05) is 12.1 Å². The van der Waals surface area contributed by atoms with Crippen LogP contribution in [0.5, 0.6) is 0 Å². The molecule has 4 rings (SSSR count). The zero-order valence-electron chi connectivity index (χ0n) is 31.5. The number of anilines is 3. The summed E-state index contributed by atoms with van der Waals surface area (Å²) >= 11 is 0. The van der Waals surface area contributed by atoms with Crippen LogP contribution in [0.1, 0.15) is 132 Å². The van der Waals surface area contributed by atoms with Gasteiger partial charge in [-0.05, 0) is 90.3 Å². The van der Waals surface area contributed by atoms with Crippen LogP contribution < -0.4 is 11.1 Å². The molecule has 0 saturated carbocycles. The summed E-state index contributed by atoms with van der Waals surface area (Å²) < 4.78 is 0. The minimum Gasteiger partial charge on any atom is -0.397 e. The van der Waals surface area contributed by atoms with Gasteiger partial charge in [0.05, 0.1) is 17.1 Å². The van der Waals surface area contributed by atoms with E-state index in [0.29, 0.717) is 0 Å². The lowest BCUT2D eigenvalue weighted by molar-refractivity contribution is 0.568. The van der Waals surface area contributed by atoms with Gasteiger partial charge < -0.3 is 11.1 Å². The summed E-state index contributed by atoms with van der Waals surface area (Å²) in [7, 11) is 0. The van der Waals surface area contributed by atoms with Crippen LogP contribution in [0, 0.1) is 0 Å². The van der Waals surface area contributed by atoms with Crippen LogP contribution in [-0.2, 0) is 27.1 Å². The van der Waals surface area contributed by atoms with Gasteiger partial charge in [0.1, 0.15) is 0 Å². The predicted octanol–water partition coefficient (Wildman–Crippen LogP) is 12.8. The molecule has 0 amide bonds. The molecule has 0 fully saturated rings. The van der Waals surface area contributed by atoms with Crippen molar-refractivity contribution in [3.63, 3.8) is 0 Å². The lowest BCUT2D eigenvalue weighted by Crippen LogP contribution is -2.17. The molecule has 3 N–H and O–H groups in total. The maximum absolute atomic E-state index is 6.61. The number of rotatable bonds is 4. The van der Waals surface area contributed by atoms with Gasteiger partial charge in [-0.15, -0.1) is 0 Å². The van der Waals surface area contributed by atoms with E-state index in [0.717, 1.165) is 17.1 Å². The monoisotopic (exact) mass is 616 g/mol. The van der Waals surface area contributed by atoms with Gasteiger partial charge in [-0.25, -0.2) is 0 Å². The Hall–Kier alpha value is -3.52. The van der Waals surface area contributed by atoms with Crippen molar-refractivity contribution in [3.05, 3.63) is 101 Å². The Kier molecular flexibility index (Phi) is 9.16. The largest absolute Gasteiger partial charge is 0.397 e. The van der Waals surface area contributed by atoms with Gasteiger partial charge in [-0.1, -0.05) is 152 Å². The van der Waals surface area contributed by atoms with Crippen molar-refractivity contribution >= 4 is 17.1 Å². The maximum atomic E-state index is 6.61. The second-order valence-corrected chi connectivity index (χ2v) is 18.5. The molecule has 0 atom stereocenters. The molecule has 2 nitrogen and oxygen atoms in total. The van der Waals surface area contributed by atoms with E-state index in [1.54, 1.807) is 0 Å². The van der Waals surface area contributed by atoms with Crippen molar-refractivity contribution in [1.29, 1.82) is 0 Å². The molecule has 246 valence electrons. The zero-order valence-corrected chi connectivity index (χ0v) is 31.5. The number of hydrogen-bond acceptors (Lipinski definition) is 2. The van der Waals surface area contributed by atoms with Gasteiger partial charge in [0, 0.05) is 11.1 Å². The molecule has 0 spiro atoms. The SMILES string of the molecule is CC(C)(C)c1cc(-c2cc(C(C)(C)C)cc(-c3cc(C(C)(C)C)cc(C(C)(C)C)c3)c2Nc2ccccc2N)cc(C(C)(C)C)c1. The summed E-state index contributed by atoms with van der Waals surface area (Å²) in [6.45, 7) is 34.7. The molecule has 0 radical (unpaired) electrons. The van der Waals surface area contributed by atoms with E-state index in [2.05, 4.69) is 170 Å². The highest BCUT2D eigenvalue weighted by Crippen LogP contribution is 2.46. The second kappa shape index (κ2) is 11.9. The van der Waals surface area contributed by atoms with Gasteiger partial charge in [-0.3, -0.25) is 0 Å². The average Bonchev–Trinajstić information content (AvgIpc) is 2.91. The number of nitrogen functional groups attached to an aromatic ring is 1. The van der Waals surface area contributed by atoms with E-state index >= 15 is 0 Å². The Morgan fingerprint density at radius 2 is 0.717 bits per heavy atom. The fourth-order valence-corrected chi connectivity index (χ4v) is 5.71. The Morgan fingerprint density at radius 1 is 0.413 bits per heavy atom. The lowest BCUT2D eigenvalue weighted by atomic mass is 9.76. The predicted molar refractivity (Wildman–Crippen MR) is 205 cm³/mol. The molecule has 0 heterocycles. The summed E-state index contributed by atoms with van der Waals surface area (Å²) in [6, 6.07) is 27.4. The third kappa shape index (κ3) is 7.88. The first-order valence-corrected chi connectivity index (χ1v) is 17.0. The smallest absolute Gasteiger partial charge is 0.0618 e. The van der Waals surface area contributed by atoms with Gasteiger partial charge in [0.25, 0.3) is 0 Å². The van der Waals surface area contributed by atoms with Gasteiger partial charge >= 0.3 is 0 Å². The van der Waals surface area contributed by atoms with Crippen LogP contribution in [0.15, 0.2) is 72.8 Å². The van der Waals surface area contributed by atoms with Crippen molar-refractivity contribution in [1.82, 2.24) is 0 Å². The summed E-state index contributed by atoms with van der Waals surface area (Å²) in [5.74, 6) is 0. The molecule has 0 saturated heterocycles. The minimum absolute atomic E-state index is 0.000573. The van der Waals surface area contributed by atoms with Crippen LogP contribution >= 0.6 is 0 Å². The van der Waals surface area contributed by atoms with Crippen molar-refractivity contribution < 1.29 is 0 Å². The van der Waals surface area contributed by atoms with Crippen LogP contribution in [-0.4, -0.2) is 0 Å². The molecular weight excluding hydrogens is 556 g/mol. The van der Waals surface area contributed by atoms with Gasteiger partial charge in [-0.2, -0.15) is 0 Å². The van der Waals surface area contributed by atoms with Crippen LogP contribution in [0.4, 0.5) is 17.1 Å². The molecule has 2 heteroatoms. The summed E-state index contributed by atoms with van der Waals surface area (Å²) in [5.41, 5.74) is 20.8. The number of nitrogens with two attached hydrogens (primary N) is 1. The third-order valence-electron chi connectivity index (χ3n) is 9.18. The standard InChI is InChI=1S/C44H60N2/c1-40(2,3)30-20-28(21-31(24-30)41(4,5)6)35-26-34(44(13,14)15)27-36(39(35)46-38-19-17-16-18-37(38)45)29-22-32(42(7,8)9)25-33(23-29)43(10,11)12/h16-27,46H,45H2,1-15H3. The van der Waals surface area contributed by atoms with E-state index in [4.69, 9.17) is 5.73 Å². The number of nitrogens with one attached hydrogen (secondary N) is 1. The Morgan fingerprint density at radius 3 is 1.02 bits per heavy atom. The van der Waals surface area contributed by atoms with Crippen molar-refractivity contribution in [2.45, 2.75) is 131 Å². The topological polar surface area (TPSA) is 38.0 Å². The molecule has 0 unspecified atom stereocenters. The molecule has 4 aromatic rings. The third-order valence-corrected chi connectivity index (χ3v) is 9.18. The Bertz CT molecular complexity index is 1560. The molecule has 0 aromatic heterocycles. The lowest BCUT2D eigenvalue weighted by Gasteiger charge is -2.30. The molecule has 46 heavy (non-hydrogen) atoms. The molecule has 0 aliphatic rings. The minimum atomic E-state index is -0.0587. The van der Waals surface area contributed by atoms with Crippen molar-refractivity contribution in [2.24, 2.45) is 0 Å². The highest BCUT2D eigenvalue weighted by molar-refractivity contribution is 5.95. The first-order chi connectivity index (χ1) is 20.9. The average molecular weight is 617 g/mol. The first-order valence-electron chi connectivity index (χ1n) is 17.0. The van der Waals surface area contributed by atoms with E-state index < -0.39 is 0 Å². The van der Waals surface area contributed by atoms with E-state index in [-0.39, 0.29) is 27.1 Å². The van der Waals surface area contributed by atoms with Gasteiger partial charge in [0.2, 0.25) is 0 Å². The molecule has 0 aliphatic carbocycles. The van der Waals surface area contributed by atoms with Crippen LogP contribution in [0.25, 0.3) is 22.3 Å². The molecule has 4 aromatic carbocycles. The van der Waals surface area contributed by atoms with Gasteiger partial charge in [0.15, 0.2) is 0 Å². The fraction of sp³-hybridized carbons (Fsp3) is 0.455. The number of hydrogen-bond donors (Lipinski definition) is 2.